The SMILES string of the molecule is CCCNC(=O)[C@@H]1CCCN1C(=O)[C@H](CC)NC(=O)OC(C)(C)C. The van der Waals surface area contributed by atoms with Gasteiger partial charge in [-0.25, -0.2) is 4.79 Å². The fraction of sp³-hybridized carbons (Fsp3) is 0.824. The molecule has 1 aliphatic rings. The third kappa shape index (κ3) is 6.02. The molecule has 0 aromatic carbocycles. The van der Waals surface area contributed by atoms with Crippen molar-refractivity contribution in [2.45, 2.75) is 78.0 Å². The quantitative estimate of drug-likeness (QED) is 0.771. The minimum Gasteiger partial charge on any atom is -0.444 e. The van der Waals surface area contributed by atoms with Gasteiger partial charge in [0.1, 0.15) is 17.7 Å². The number of hydrogen-bond donors (Lipinski definition) is 2. The normalized spacial score (nSPS) is 18.9. The van der Waals surface area contributed by atoms with E-state index >= 15 is 0 Å². The van der Waals surface area contributed by atoms with Gasteiger partial charge in [0, 0.05) is 13.1 Å². The summed E-state index contributed by atoms with van der Waals surface area (Å²) in [5.41, 5.74) is -0.623. The van der Waals surface area contributed by atoms with Crippen LogP contribution in [0, 0.1) is 0 Å². The first-order valence-electron chi connectivity index (χ1n) is 8.77. The van der Waals surface area contributed by atoms with Crippen molar-refractivity contribution in [1.29, 1.82) is 0 Å². The number of carbonyl (C=O) groups excluding carboxylic acids is 3. The van der Waals surface area contributed by atoms with Gasteiger partial charge >= 0.3 is 6.09 Å². The van der Waals surface area contributed by atoms with Gasteiger partial charge in [-0.15, -0.1) is 0 Å². The summed E-state index contributed by atoms with van der Waals surface area (Å²) in [7, 11) is 0. The molecule has 0 aromatic rings. The predicted molar refractivity (Wildman–Crippen MR) is 91.5 cm³/mol. The van der Waals surface area contributed by atoms with Crippen molar-refractivity contribution in [2.24, 2.45) is 0 Å². The second-order valence-corrected chi connectivity index (χ2v) is 7.09. The summed E-state index contributed by atoms with van der Waals surface area (Å²) in [5.74, 6) is -0.340. The number of nitrogens with one attached hydrogen (secondary N) is 2. The minimum atomic E-state index is -0.681. The summed E-state index contributed by atoms with van der Waals surface area (Å²) in [6.45, 7) is 10.2. The summed E-state index contributed by atoms with van der Waals surface area (Å²) in [4.78, 5) is 38.5. The van der Waals surface area contributed by atoms with Crippen LogP contribution in [0.3, 0.4) is 0 Å². The number of likely N-dealkylation sites (tertiary alicyclic amines) is 1. The molecule has 1 fully saturated rings. The Morgan fingerprint density at radius 3 is 2.46 bits per heavy atom. The second kappa shape index (κ2) is 8.89. The lowest BCUT2D eigenvalue weighted by Gasteiger charge is -2.29. The number of rotatable bonds is 6. The second-order valence-electron chi connectivity index (χ2n) is 7.09. The molecule has 24 heavy (non-hydrogen) atoms. The van der Waals surface area contributed by atoms with Crippen molar-refractivity contribution in [3.05, 3.63) is 0 Å². The average molecular weight is 341 g/mol. The third-order valence-electron chi connectivity index (χ3n) is 3.79. The minimum absolute atomic E-state index is 0.116. The maximum absolute atomic E-state index is 12.7. The summed E-state index contributed by atoms with van der Waals surface area (Å²) in [6.07, 6.45) is 2.12. The molecular formula is C17H31N3O4. The van der Waals surface area contributed by atoms with Crippen LogP contribution >= 0.6 is 0 Å². The van der Waals surface area contributed by atoms with Crippen LogP contribution in [0.1, 0.15) is 60.3 Å². The zero-order chi connectivity index (χ0) is 18.3. The Bertz CT molecular complexity index is 459. The molecule has 0 spiro atoms. The van der Waals surface area contributed by atoms with Gasteiger partial charge in [0.2, 0.25) is 11.8 Å². The van der Waals surface area contributed by atoms with E-state index in [1.54, 1.807) is 25.7 Å². The highest BCUT2D eigenvalue weighted by Crippen LogP contribution is 2.19. The lowest BCUT2D eigenvalue weighted by molar-refractivity contribution is -0.140. The average Bonchev–Trinajstić information content (AvgIpc) is 2.97. The number of amides is 3. The molecule has 1 aliphatic heterocycles. The van der Waals surface area contributed by atoms with Gasteiger partial charge in [0.25, 0.3) is 0 Å². The molecule has 0 radical (unpaired) electrons. The van der Waals surface area contributed by atoms with Crippen molar-refractivity contribution >= 4 is 17.9 Å². The maximum Gasteiger partial charge on any atom is 0.408 e. The van der Waals surface area contributed by atoms with E-state index in [1.165, 1.54) is 0 Å². The van der Waals surface area contributed by atoms with Crippen LogP contribution in [0.2, 0.25) is 0 Å². The van der Waals surface area contributed by atoms with Gasteiger partial charge in [-0.2, -0.15) is 0 Å². The van der Waals surface area contributed by atoms with Gasteiger partial charge in [0.05, 0.1) is 0 Å². The molecule has 2 atom stereocenters. The molecule has 0 aromatic heterocycles. The fourth-order valence-electron chi connectivity index (χ4n) is 2.66. The van der Waals surface area contributed by atoms with Crippen molar-refractivity contribution in [3.8, 4) is 0 Å². The largest absolute Gasteiger partial charge is 0.444 e. The van der Waals surface area contributed by atoms with Gasteiger partial charge in [-0.3, -0.25) is 9.59 Å². The summed E-state index contributed by atoms with van der Waals surface area (Å²) < 4.78 is 5.21. The molecule has 7 heteroatoms. The Balaban J connectivity index is 2.70. The summed E-state index contributed by atoms with van der Waals surface area (Å²) >= 11 is 0. The molecule has 7 nitrogen and oxygen atoms in total. The lowest BCUT2D eigenvalue weighted by Crippen LogP contribution is -2.53. The van der Waals surface area contributed by atoms with E-state index in [4.69, 9.17) is 4.74 Å². The predicted octanol–water partition coefficient (Wildman–Crippen LogP) is 1.81. The number of hydrogen-bond acceptors (Lipinski definition) is 4. The Hall–Kier alpha value is -1.79. The molecular weight excluding hydrogens is 310 g/mol. The highest BCUT2D eigenvalue weighted by Gasteiger charge is 2.37. The van der Waals surface area contributed by atoms with Gasteiger partial charge in [0.15, 0.2) is 0 Å². The van der Waals surface area contributed by atoms with E-state index in [0.717, 1.165) is 12.8 Å². The fourth-order valence-corrected chi connectivity index (χ4v) is 2.66. The smallest absolute Gasteiger partial charge is 0.408 e. The molecule has 2 N–H and O–H groups in total. The van der Waals surface area contributed by atoms with Crippen molar-refractivity contribution < 1.29 is 19.1 Å². The molecule has 3 amide bonds. The Morgan fingerprint density at radius 1 is 1.25 bits per heavy atom. The van der Waals surface area contributed by atoms with E-state index < -0.39 is 23.8 Å². The van der Waals surface area contributed by atoms with Crippen LogP contribution in [0.4, 0.5) is 4.79 Å². The highest BCUT2D eigenvalue weighted by molar-refractivity contribution is 5.91. The van der Waals surface area contributed by atoms with E-state index in [0.29, 0.717) is 25.9 Å². The zero-order valence-electron chi connectivity index (χ0n) is 15.5. The standard InChI is InChI=1S/C17H31N3O4/c1-6-10-18-14(21)13-9-8-11-20(13)15(22)12(7-2)19-16(23)24-17(3,4)5/h12-13H,6-11H2,1-5H3,(H,18,21)(H,19,23)/t12-,13-/m0/s1. The highest BCUT2D eigenvalue weighted by atomic mass is 16.6. The summed E-state index contributed by atoms with van der Waals surface area (Å²) in [5, 5.41) is 5.46. The monoisotopic (exact) mass is 341 g/mol. The first-order valence-corrected chi connectivity index (χ1v) is 8.77. The first-order chi connectivity index (χ1) is 11.2. The molecule has 1 heterocycles. The lowest BCUT2D eigenvalue weighted by atomic mass is 10.1. The van der Waals surface area contributed by atoms with Crippen LogP contribution in [-0.2, 0) is 14.3 Å². The first kappa shape index (κ1) is 20.3. The van der Waals surface area contributed by atoms with Crippen molar-refractivity contribution in [3.63, 3.8) is 0 Å². The Labute approximate surface area is 144 Å². The number of ether oxygens (including phenoxy) is 1. The Kier molecular flexibility index (Phi) is 7.51. The van der Waals surface area contributed by atoms with E-state index in [9.17, 15) is 14.4 Å². The molecule has 0 aliphatic carbocycles. The van der Waals surface area contributed by atoms with Crippen LogP contribution in [0.25, 0.3) is 0 Å². The third-order valence-corrected chi connectivity index (χ3v) is 3.79. The van der Waals surface area contributed by atoms with Gasteiger partial charge in [-0.05, 0) is 46.5 Å². The Morgan fingerprint density at radius 2 is 1.92 bits per heavy atom. The van der Waals surface area contributed by atoms with Crippen LogP contribution in [0.15, 0.2) is 0 Å². The topological polar surface area (TPSA) is 87.7 Å². The van der Waals surface area contributed by atoms with Crippen LogP contribution < -0.4 is 10.6 Å². The van der Waals surface area contributed by atoms with Gasteiger partial charge < -0.3 is 20.3 Å². The number of alkyl carbamates (subject to hydrolysis) is 1. The van der Waals surface area contributed by atoms with E-state index in [2.05, 4.69) is 10.6 Å². The van der Waals surface area contributed by atoms with Gasteiger partial charge in [-0.1, -0.05) is 13.8 Å². The zero-order valence-corrected chi connectivity index (χ0v) is 15.5. The molecule has 1 rings (SSSR count). The van der Waals surface area contributed by atoms with Crippen molar-refractivity contribution in [1.82, 2.24) is 15.5 Å². The summed E-state index contributed by atoms with van der Waals surface area (Å²) in [6, 6.07) is -1.13. The molecule has 0 bridgehead atoms. The molecule has 0 saturated carbocycles. The van der Waals surface area contributed by atoms with E-state index in [-0.39, 0.29) is 11.8 Å². The molecule has 0 unspecified atom stereocenters. The number of carbonyl (C=O) groups is 3. The maximum atomic E-state index is 12.7. The van der Waals surface area contributed by atoms with Crippen LogP contribution in [-0.4, -0.2) is 53.6 Å². The van der Waals surface area contributed by atoms with E-state index in [1.807, 2.05) is 13.8 Å². The van der Waals surface area contributed by atoms with Crippen LogP contribution in [0.5, 0.6) is 0 Å². The number of nitrogens with zero attached hydrogens (tertiary/aromatic N) is 1. The van der Waals surface area contributed by atoms with Crippen molar-refractivity contribution in [2.75, 3.05) is 13.1 Å². The molecule has 1 saturated heterocycles. The molecule has 138 valence electrons.